The van der Waals surface area contributed by atoms with E-state index in [-0.39, 0.29) is 0 Å². The van der Waals surface area contributed by atoms with Crippen LogP contribution in [-0.4, -0.2) is 38.1 Å². The van der Waals surface area contributed by atoms with E-state index in [1.54, 1.807) is 0 Å². The van der Waals surface area contributed by atoms with Gasteiger partial charge in [-0.2, -0.15) is 0 Å². The van der Waals surface area contributed by atoms with Crippen molar-refractivity contribution >= 4 is 0 Å². The van der Waals surface area contributed by atoms with Crippen LogP contribution in [0.4, 0.5) is 0 Å². The Balaban J connectivity index is 2.00. The SMILES string of the molecule is CCC1CCCN(CCCCCNC)C1. The first-order chi connectivity index (χ1) is 7.36. The fourth-order valence-corrected chi connectivity index (χ4v) is 2.50. The van der Waals surface area contributed by atoms with E-state index >= 15 is 0 Å². The van der Waals surface area contributed by atoms with Crippen LogP contribution in [0, 0.1) is 5.92 Å². The molecule has 0 saturated carbocycles. The van der Waals surface area contributed by atoms with Gasteiger partial charge in [0.25, 0.3) is 0 Å². The van der Waals surface area contributed by atoms with Gasteiger partial charge in [-0.15, -0.1) is 0 Å². The maximum atomic E-state index is 3.21. The van der Waals surface area contributed by atoms with Gasteiger partial charge in [-0.3, -0.25) is 0 Å². The van der Waals surface area contributed by atoms with Crippen LogP contribution < -0.4 is 5.32 Å². The second kappa shape index (κ2) is 8.12. The third-order valence-corrected chi connectivity index (χ3v) is 3.58. The molecule has 1 saturated heterocycles. The summed E-state index contributed by atoms with van der Waals surface area (Å²) >= 11 is 0. The molecule has 0 amide bonds. The summed E-state index contributed by atoms with van der Waals surface area (Å²) in [7, 11) is 2.04. The minimum absolute atomic E-state index is 0.982. The molecule has 15 heavy (non-hydrogen) atoms. The molecule has 0 aromatic heterocycles. The van der Waals surface area contributed by atoms with E-state index < -0.39 is 0 Å². The molecule has 0 aromatic rings. The first-order valence-corrected chi connectivity index (χ1v) is 6.73. The van der Waals surface area contributed by atoms with Crippen LogP contribution in [0.15, 0.2) is 0 Å². The van der Waals surface area contributed by atoms with Gasteiger partial charge in [-0.25, -0.2) is 0 Å². The normalized spacial score (nSPS) is 23.2. The molecule has 1 aliphatic heterocycles. The number of rotatable bonds is 7. The van der Waals surface area contributed by atoms with Gasteiger partial charge in [0, 0.05) is 6.54 Å². The number of piperidine rings is 1. The van der Waals surface area contributed by atoms with Crippen LogP contribution in [0.2, 0.25) is 0 Å². The summed E-state index contributed by atoms with van der Waals surface area (Å²) in [6, 6.07) is 0. The van der Waals surface area contributed by atoms with E-state index in [0.29, 0.717) is 0 Å². The lowest BCUT2D eigenvalue weighted by molar-refractivity contribution is 0.169. The molecule has 0 spiro atoms. The Hall–Kier alpha value is -0.0800. The predicted octanol–water partition coefficient (Wildman–Crippen LogP) is 2.50. The van der Waals surface area contributed by atoms with Crippen molar-refractivity contribution in [3.05, 3.63) is 0 Å². The molecule has 1 unspecified atom stereocenters. The van der Waals surface area contributed by atoms with Gasteiger partial charge < -0.3 is 10.2 Å². The van der Waals surface area contributed by atoms with E-state index in [0.717, 1.165) is 5.92 Å². The summed E-state index contributed by atoms with van der Waals surface area (Å²) in [5.74, 6) is 0.982. The van der Waals surface area contributed by atoms with Crippen LogP contribution in [0.5, 0.6) is 0 Å². The summed E-state index contributed by atoms with van der Waals surface area (Å²) in [6.45, 7) is 7.56. The minimum Gasteiger partial charge on any atom is -0.320 e. The van der Waals surface area contributed by atoms with Crippen molar-refractivity contribution in [2.75, 3.05) is 33.2 Å². The zero-order chi connectivity index (χ0) is 10.9. The monoisotopic (exact) mass is 212 g/mol. The number of nitrogens with one attached hydrogen (secondary N) is 1. The third-order valence-electron chi connectivity index (χ3n) is 3.58. The summed E-state index contributed by atoms with van der Waals surface area (Å²) in [4.78, 5) is 2.68. The Morgan fingerprint density at radius 1 is 1.27 bits per heavy atom. The van der Waals surface area contributed by atoms with E-state index in [9.17, 15) is 0 Å². The van der Waals surface area contributed by atoms with E-state index in [1.165, 1.54) is 64.7 Å². The number of nitrogens with zero attached hydrogens (tertiary/aromatic N) is 1. The van der Waals surface area contributed by atoms with Crippen molar-refractivity contribution in [3.63, 3.8) is 0 Å². The lowest BCUT2D eigenvalue weighted by atomic mass is 9.95. The fraction of sp³-hybridized carbons (Fsp3) is 1.00. The number of hydrogen-bond donors (Lipinski definition) is 1. The highest BCUT2D eigenvalue weighted by Crippen LogP contribution is 2.19. The lowest BCUT2D eigenvalue weighted by Gasteiger charge is -2.32. The molecule has 0 aromatic carbocycles. The molecule has 1 rings (SSSR count). The van der Waals surface area contributed by atoms with Gasteiger partial charge in [0.05, 0.1) is 0 Å². The average Bonchev–Trinajstić information content (AvgIpc) is 2.29. The Bertz CT molecular complexity index is 147. The quantitative estimate of drug-likeness (QED) is 0.652. The van der Waals surface area contributed by atoms with Gasteiger partial charge in [-0.05, 0) is 58.3 Å². The third kappa shape index (κ3) is 5.53. The van der Waals surface area contributed by atoms with Gasteiger partial charge in [0.15, 0.2) is 0 Å². The van der Waals surface area contributed by atoms with Gasteiger partial charge in [-0.1, -0.05) is 19.8 Å². The first kappa shape index (κ1) is 13.0. The summed E-state index contributed by atoms with van der Waals surface area (Å²) in [5, 5.41) is 3.21. The van der Waals surface area contributed by atoms with E-state index in [4.69, 9.17) is 0 Å². The van der Waals surface area contributed by atoms with Crippen molar-refractivity contribution in [3.8, 4) is 0 Å². The summed E-state index contributed by atoms with van der Waals surface area (Å²) in [5.41, 5.74) is 0. The maximum absolute atomic E-state index is 3.21. The molecule has 0 radical (unpaired) electrons. The second-order valence-electron chi connectivity index (χ2n) is 4.88. The summed E-state index contributed by atoms with van der Waals surface area (Å²) < 4.78 is 0. The van der Waals surface area contributed by atoms with Crippen LogP contribution in [0.25, 0.3) is 0 Å². The molecule has 0 aliphatic carbocycles. The molecular formula is C13H28N2. The largest absolute Gasteiger partial charge is 0.320 e. The van der Waals surface area contributed by atoms with Crippen molar-refractivity contribution in [2.24, 2.45) is 5.92 Å². The molecule has 1 heterocycles. The van der Waals surface area contributed by atoms with Crippen LogP contribution in [0.1, 0.15) is 45.4 Å². The molecule has 0 bridgehead atoms. The highest BCUT2D eigenvalue weighted by atomic mass is 15.1. The lowest BCUT2D eigenvalue weighted by Crippen LogP contribution is -2.35. The number of hydrogen-bond acceptors (Lipinski definition) is 2. The van der Waals surface area contributed by atoms with Crippen LogP contribution in [0.3, 0.4) is 0 Å². The molecule has 1 atom stereocenters. The van der Waals surface area contributed by atoms with E-state index in [1.807, 2.05) is 7.05 Å². The number of unbranched alkanes of at least 4 members (excludes halogenated alkanes) is 2. The van der Waals surface area contributed by atoms with E-state index in [2.05, 4.69) is 17.1 Å². The topological polar surface area (TPSA) is 15.3 Å². The summed E-state index contributed by atoms with van der Waals surface area (Å²) in [6.07, 6.45) is 8.37. The fourth-order valence-electron chi connectivity index (χ4n) is 2.50. The second-order valence-corrected chi connectivity index (χ2v) is 4.88. The predicted molar refractivity (Wildman–Crippen MR) is 67.2 cm³/mol. The molecule has 1 N–H and O–H groups in total. The Morgan fingerprint density at radius 2 is 2.13 bits per heavy atom. The van der Waals surface area contributed by atoms with Gasteiger partial charge in [0.2, 0.25) is 0 Å². The number of likely N-dealkylation sites (tertiary alicyclic amines) is 1. The minimum atomic E-state index is 0.982. The van der Waals surface area contributed by atoms with Gasteiger partial charge >= 0.3 is 0 Å². The Labute approximate surface area is 95.4 Å². The molecule has 1 aliphatic rings. The zero-order valence-electron chi connectivity index (χ0n) is 10.6. The molecule has 2 heteroatoms. The zero-order valence-corrected chi connectivity index (χ0v) is 10.6. The van der Waals surface area contributed by atoms with Crippen molar-refractivity contribution < 1.29 is 0 Å². The first-order valence-electron chi connectivity index (χ1n) is 6.73. The van der Waals surface area contributed by atoms with Crippen molar-refractivity contribution in [1.82, 2.24) is 10.2 Å². The van der Waals surface area contributed by atoms with Crippen LogP contribution >= 0.6 is 0 Å². The standard InChI is InChI=1S/C13H28N2/c1-3-13-8-7-11-15(12-13)10-6-4-5-9-14-2/h13-14H,3-12H2,1-2H3. The van der Waals surface area contributed by atoms with Gasteiger partial charge in [0.1, 0.15) is 0 Å². The molecular weight excluding hydrogens is 184 g/mol. The Kier molecular flexibility index (Phi) is 7.03. The highest BCUT2D eigenvalue weighted by molar-refractivity contribution is 4.71. The maximum Gasteiger partial charge on any atom is 0.000956 e. The smallest absolute Gasteiger partial charge is 0.000956 e. The molecule has 1 fully saturated rings. The van der Waals surface area contributed by atoms with Crippen molar-refractivity contribution in [2.45, 2.75) is 45.4 Å². The molecule has 90 valence electrons. The average molecular weight is 212 g/mol. The van der Waals surface area contributed by atoms with Crippen molar-refractivity contribution in [1.29, 1.82) is 0 Å². The molecule has 2 nitrogen and oxygen atoms in total. The Morgan fingerprint density at radius 3 is 2.87 bits per heavy atom. The highest BCUT2D eigenvalue weighted by Gasteiger charge is 2.17. The van der Waals surface area contributed by atoms with Crippen LogP contribution in [-0.2, 0) is 0 Å².